The smallest absolute Gasteiger partial charge is 0.259 e. The molecule has 0 radical (unpaired) electrons. The van der Waals surface area contributed by atoms with E-state index in [0.29, 0.717) is 36.7 Å². The zero-order valence-electron chi connectivity index (χ0n) is 13.0. The SMILES string of the molecule is Cc1noc(C(C)C)c1C(=O)N1CCC(OCCO)CC1. The normalized spacial score (nSPS) is 16.7. The van der Waals surface area contributed by atoms with Gasteiger partial charge in [-0.1, -0.05) is 19.0 Å². The molecule has 2 rings (SSSR count). The Balaban J connectivity index is 2.01. The van der Waals surface area contributed by atoms with Gasteiger partial charge in [0.05, 0.1) is 25.0 Å². The summed E-state index contributed by atoms with van der Waals surface area (Å²) in [6, 6.07) is 0. The molecule has 6 heteroatoms. The zero-order chi connectivity index (χ0) is 15.4. The Kier molecular flexibility index (Phi) is 5.36. The van der Waals surface area contributed by atoms with Crippen molar-refractivity contribution in [1.82, 2.24) is 10.1 Å². The number of nitrogens with zero attached hydrogens (tertiary/aromatic N) is 2. The van der Waals surface area contributed by atoms with Gasteiger partial charge in [0.15, 0.2) is 5.76 Å². The number of carbonyl (C=O) groups is 1. The molecule has 2 heterocycles. The fourth-order valence-corrected chi connectivity index (χ4v) is 2.64. The maximum atomic E-state index is 12.7. The molecule has 1 fully saturated rings. The van der Waals surface area contributed by atoms with Crippen LogP contribution in [0.4, 0.5) is 0 Å². The third-order valence-electron chi connectivity index (χ3n) is 3.80. The lowest BCUT2D eigenvalue weighted by molar-refractivity contribution is -0.00559. The van der Waals surface area contributed by atoms with Crippen LogP contribution in [0.2, 0.25) is 0 Å². The van der Waals surface area contributed by atoms with E-state index in [-0.39, 0.29) is 24.5 Å². The number of amides is 1. The largest absolute Gasteiger partial charge is 0.394 e. The van der Waals surface area contributed by atoms with E-state index in [1.54, 1.807) is 6.92 Å². The molecule has 0 aliphatic carbocycles. The Morgan fingerprint density at radius 2 is 2.14 bits per heavy atom. The lowest BCUT2D eigenvalue weighted by atomic mass is 10.0. The molecule has 118 valence electrons. The van der Waals surface area contributed by atoms with E-state index in [1.807, 2.05) is 18.7 Å². The Morgan fingerprint density at radius 3 is 2.71 bits per heavy atom. The van der Waals surface area contributed by atoms with Crippen LogP contribution in [0.5, 0.6) is 0 Å². The molecule has 1 saturated heterocycles. The van der Waals surface area contributed by atoms with Gasteiger partial charge in [0.25, 0.3) is 5.91 Å². The van der Waals surface area contributed by atoms with Gasteiger partial charge in [-0.15, -0.1) is 0 Å². The first-order valence-corrected chi connectivity index (χ1v) is 7.52. The highest BCUT2D eigenvalue weighted by atomic mass is 16.5. The molecule has 0 saturated carbocycles. The average Bonchev–Trinajstić information content (AvgIpc) is 2.87. The number of carbonyl (C=O) groups excluding carboxylic acids is 1. The maximum absolute atomic E-state index is 12.7. The number of aromatic nitrogens is 1. The summed E-state index contributed by atoms with van der Waals surface area (Å²) >= 11 is 0. The third kappa shape index (κ3) is 3.63. The summed E-state index contributed by atoms with van der Waals surface area (Å²) in [7, 11) is 0. The summed E-state index contributed by atoms with van der Waals surface area (Å²) < 4.78 is 10.8. The van der Waals surface area contributed by atoms with Gasteiger partial charge in [-0.3, -0.25) is 4.79 Å². The molecule has 1 aliphatic rings. The van der Waals surface area contributed by atoms with Crippen molar-refractivity contribution in [3.63, 3.8) is 0 Å². The van der Waals surface area contributed by atoms with Crippen molar-refractivity contribution in [3.8, 4) is 0 Å². The van der Waals surface area contributed by atoms with Crippen LogP contribution in [0.25, 0.3) is 0 Å². The second kappa shape index (κ2) is 7.04. The molecule has 1 aromatic heterocycles. The Morgan fingerprint density at radius 1 is 1.48 bits per heavy atom. The first-order valence-electron chi connectivity index (χ1n) is 7.52. The highest BCUT2D eigenvalue weighted by molar-refractivity contribution is 5.96. The number of aliphatic hydroxyl groups is 1. The first-order chi connectivity index (χ1) is 10.0. The third-order valence-corrected chi connectivity index (χ3v) is 3.80. The molecule has 0 aromatic carbocycles. The van der Waals surface area contributed by atoms with Gasteiger partial charge in [-0.2, -0.15) is 0 Å². The predicted octanol–water partition coefficient (Wildman–Crippen LogP) is 1.72. The monoisotopic (exact) mass is 296 g/mol. The molecule has 1 aliphatic heterocycles. The summed E-state index contributed by atoms with van der Waals surface area (Å²) in [6.07, 6.45) is 1.73. The van der Waals surface area contributed by atoms with E-state index < -0.39 is 0 Å². The Hall–Kier alpha value is -1.40. The van der Waals surface area contributed by atoms with Crippen molar-refractivity contribution in [2.45, 2.75) is 45.6 Å². The number of hydrogen-bond acceptors (Lipinski definition) is 5. The summed E-state index contributed by atoms with van der Waals surface area (Å²) in [5.41, 5.74) is 1.27. The predicted molar refractivity (Wildman–Crippen MR) is 77.3 cm³/mol. The molecule has 1 amide bonds. The molecule has 0 bridgehead atoms. The average molecular weight is 296 g/mol. The van der Waals surface area contributed by atoms with Gasteiger partial charge >= 0.3 is 0 Å². The number of aliphatic hydroxyl groups excluding tert-OH is 1. The van der Waals surface area contributed by atoms with Gasteiger partial charge in [-0.05, 0) is 19.8 Å². The van der Waals surface area contributed by atoms with Crippen LogP contribution in [-0.2, 0) is 4.74 Å². The van der Waals surface area contributed by atoms with E-state index in [4.69, 9.17) is 14.4 Å². The molecular formula is C15H24N2O4. The van der Waals surface area contributed by atoms with E-state index in [9.17, 15) is 4.79 Å². The van der Waals surface area contributed by atoms with Crippen LogP contribution < -0.4 is 0 Å². The topological polar surface area (TPSA) is 75.8 Å². The minimum absolute atomic E-state index is 0.00180. The highest BCUT2D eigenvalue weighted by Crippen LogP contribution is 2.25. The first kappa shape index (κ1) is 16.0. The van der Waals surface area contributed by atoms with Gasteiger partial charge < -0.3 is 19.3 Å². The lowest BCUT2D eigenvalue weighted by Crippen LogP contribution is -2.41. The molecule has 0 unspecified atom stereocenters. The standard InChI is InChI=1S/C15H24N2O4/c1-10(2)14-13(11(3)16-21-14)15(19)17-6-4-12(5-7-17)20-9-8-18/h10,12,18H,4-9H2,1-3H3. The van der Waals surface area contributed by atoms with Crippen LogP contribution in [0.15, 0.2) is 4.52 Å². The van der Waals surface area contributed by atoms with Crippen molar-refractivity contribution < 1.29 is 19.2 Å². The fourth-order valence-electron chi connectivity index (χ4n) is 2.64. The molecule has 6 nitrogen and oxygen atoms in total. The molecule has 0 spiro atoms. The molecule has 21 heavy (non-hydrogen) atoms. The number of ether oxygens (including phenoxy) is 1. The quantitative estimate of drug-likeness (QED) is 0.895. The van der Waals surface area contributed by atoms with Crippen molar-refractivity contribution in [2.24, 2.45) is 0 Å². The minimum Gasteiger partial charge on any atom is -0.394 e. The van der Waals surface area contributed by atoms with Crippen molar-refractivity contribution >= 4 is 5.91 Å². The van der Waals surface area contributed by atoms with Gasteiger partial charge in [-0.25, -0.2) is 0 Å². The number of aryl methyl sites for hydroxylation is 1. The highest BCUT2D eigenvalue weighted by Gasteiger charge is 2.29. The maximum Gasteiger partial charge on any atom is 0.259 e. The van der Waals surface area contributed by atoms with Crippen LogP contribution in [0, 0.1) is 6.92 Å². The van der Waals surface area contributed by atoms with Crippen molar-refractivity contribution in [3.05, 3.63) is 17.0 Å². The van der Waals surface area contributed by atoms with Crippen molar-refractivity contribution in [2.75, 3.05) is 26.3 Å². The lowest BCUT2D eigenvalue weighted by Gasteiger charge is -2.32. The zero-order valence-corrected chi connectivity index (χ0v) is 13.0. The van der Waals surface area contributed by atoms with Gasteiger partial charge in [0, 0.05) is 19.0 Å². The van der Waals surface area contributed by atoms with E-state index in [1.165, 1.54) is 0 Å². The number of hydrogen-bond donors (Lipinski definition) is 1. The Labute approximate surface area is 125 Å². The summed E-state index contributed by atoms with van der Waals surface area (Å²) in [5.74, 6) is 0.796. The molecule has 0 atom stereocenters. The van der Waals surface area contributed by atoms with Crippen LogP contribution >= 0.6 is 0 Å². The summed E-state index contributed by atoms with van der Waals surface area (Å²) in [4.78, 5) is 14.5. The van der Waals surface area contributed by atoms with E-state index in [2.05, 4.69) is 5.16 Å². The van der Waals surface area contributed by atoms with Crippen LogP contribution in [-0.4, -0.2) is 53.5 Å². The van der Waals surface area contributed by atoms with Crippen LogP contribution in [0.3, 0.4) is 0 Å². The van der Waals surface area contributed by atoms with E-state index >= 15 is 0 Å². The summed E-state index contributed by atoms with van der Waals surface area (Å²) in [6.45, 7) is 7.52. The van der Waals surface area contributed by atoms with E-state index in [0.717, 1.165) is 12.8 Å². The Bertz CT molecular complexity index is 476. The minimum atomic E-state index is -0.00180. The fraction of sp³-hybridized carbons (Fsp3) is 0.733. The molecule has 1 aromatic rings. The molecular weight excluding hydrogens is 272 g/mol. The summed E-state index contributed by atoms with van der Waals surface area (Å²) in [5, 5.41) is 12.7. The second-order valence-electron chi connectivity index (χ2n) is 5.75. The number of rotatable bonds is 5. The molecule has 1 N–H and O–H groups in total. The second-order valence-corrected chi connectivity index (χ2v) is 5.75. The van der Waals surface area contributed by atoms with Gasteiger partial charge in [0.2, 0.25) is 0 Å². The van der Waals surface area contributed by atoms with Gasteiger partial charge in [0.1, 0.15) is 5.56 Å². The number of likely N-dealkylation sites (tertiary alicyclic amines) is 1. The van der Waals surface area contributed by atoms with Crippen molar-refractivity contribution in [1.29, 1.82) is 0 Å². The van der Waals surface area contributed by atoms with Crippen LogP contribution in [0.1, 0.15) is 54.4 Å². The number of piperidine rings is 1.